The zero-order chi connectivity index (χ0) is 18.5. The van der Waals surface area contributed by atoms with E-state index in [1.54, 1.807) is 24.3 Å². The molecule has 0 saturated carbocycles. The van der Waals surface area contributed by atoms with Crippen LogP contribution in [-0.4, -0.2) is 29.2 Å². The number of rotatable bonds is 13. The Morgan fingerprint density at radius 2 is 1.84 bits per heavy atom. The molecule has 25 heavy (non-hydrogen) atoms. The number of aliphatic hydroxyl groups is 1. The first-order valence-electron chi connectivity index (χ1n) is 9.31. The first kappa shape index (κ1) is 21.2. The summed E-state index contributed by atoms with van der Waals surface area (Å²) in [7, 11) is 1.49. The molecule has 0 spiro atoms. The highest BCUT2D eigenvalue weighted by atomic mass is 16.5. The zero-order valence-electron chi connectivity index (χ0n) is 15.5. The number of benzene rings is 1. The molecule has 1 rings (SSSR count). The molecule has 0 radical (unpaired) electrons. The van der Waals surface area contributed by atoms with Crippen molar-refractivity contribution in [2.45, 2.75) is 70.8 Å². The quantitative estimate of drug-likeness (QED) is 0.499. The zero-order valence-corrected chi connectivity index (χ0v) is 15.5. The number of methoxy groups -OCH3 is 1. The molecule has 1 unspecified atom stereocenters. The summed E-state index contributed by atoms with van der Waals surface area (Å²) in [5, 5.41) is 19.5. The highest BCUT2D eigenvalue weighted by Crippen LogP contribution is 2.26. The Hall–Kier alpha value is -1.81. The van der Waals surface area contributed by atoms with Gasteiger partial charge < -0.3 is 14.9 Å². The van der Waals surface area contributed by atoms with E-state index < -0.39 is 6.10 Å². The van der Waals surface area contributed by atoms with Gasteiger partial charge >= 0.3 is 0 Å². The van der Waals surface area contributed by atoms with Gasteiger partial charge in [-0.25, -0.2) is 0 Å². The molecule has 0 fully saturated rings. The van der Waals surface area contributed by atoms with E-state index in [1.165, 1.54) is 45.3 Å². The van der Waals surface area contributed by atoms with Crippen molar-refractivity contribution in [1.29, 1.82) is 0 Å². The Balaban J connectivity index is 2.26. The number of aliphatic hydroxyl groups excluding tert-OH is 1. The smallest absolute Gasteiger partial charge is 0.161 e. The van der Waals surface area contributed by atoms with Crippen LogP contribution < -0.4 is 4.74 Å². The summed E-state index contributed by atoms with van der Waals surface area (Å²) >= 11 is 0. The Morgan fingerprint density at radius 1 is 1.16 bits per heavy atom. The summed E-state index contributed by atoms with van der Waals surface area (Å²) in [6.45, 7) is 2.20. The molecular formula is C21H32O4. The van der Waals surface area contributed by atoms with E-state index in [9.17, 15) is 15.0 Å². The highest BCUT2D eigenvalue weighted by Gasteiger charge is 2.08. The van der Waals surface area contributed by atoms with Crippen LogP contribution in [0.25, 0.3) is 6.08 Å². The van der Waals surface area contributed by atoms with E-state index in [2.05, 4.69) is 6.92 Å². The fraction of sp³-hybridized carbons (Fsp3) is 0.571. The minimum absolute atomic E-state index is 0.0741. The van der Waals surface area contributed by atoms with Crippen LogP contribution in [-0.2, 0) is 4.79 Å². The molecule has 2 N–H and O–H groups in total. The lowest BCUT2D eigenvalue weighted by Gasteiger charge is -2.06. The molecular weight excluding hydrogens is 316 g/mol. The van der Waals surface area contributed by atoms with Crippen molar-refractivity contribution >= 4 is 11.9 Å². The van der Waals surface area contributed by atoms with Crippen molar-refractivity contribution in [3.63, 3.8) is 0 Å². The van der Waals surface area contributed by atoms with Crippen LogP contribution in [0.15, 0.2) is 24.3 Å². The molecule has 0 aromatic heterocycles. The molecule has 0 saturated heterocycles. The fourth-order valence-corrected chi connectivity index (χ4v) is 2.70. The van der Waals surface area contributed by atoms with E-state index in [0.29, 0.717) is 12.2 Å². The predicted molar refractivity (Wildman–Crippen MR) is 102 cm³/mol. The predicted octanol–water partition coefficient (Wildman–Crippen LogP) is 4.87. The molecule has 1 aromatic rings. The van der Waals surface area contributed by atoms with Gasteiger partial charge in [-0.1, -0.05) is 63.7 Å². The van der Waals surface area contributed by atoms with Crippen molar-refractivity contribution in [3.05, 3.63) is 29.8 Å². The summed E-state index contributed by atoms with van der Waals surface area (Å²) in [6.07, 6.45) is 11.5. The first-order chi connectivity index (χ1) is 12.1. The van der Waals surface area contributed by atoms with Gasteiger partial charge in [-0.05, 0) is 24.1 Å². The number of hydrogen-bond donors (Lipinski definition) is 2. The Bertz CT molecular complexity index is 537. The van der Waals surface area contributed by atoms with Crippen LogP contribution in [0.1, 0.15) is 70.3 Å². The number of phenols is 1. The van der Waals surface area contributed by atoms with Crippen LogP contribution in [0.5, 0.6) is 11.5 Å². The number of ketones is 1. The number of ether oxygens (including phenoxy) is 1. The largest absolute Gasteiger partial charge is 0.504 e. The van der Waals surface area contributed by atoms with Crippen LogP contribution in [0, 0.1) is 0 Å². The average molecular weight is 348 g/mol. The molecule has 0 aliphatic carbocycles. The maximum Gasteiger partial charge on any atom is 0.161 e. The van der Waals surface area contributed by atoms with Gasteiger partial charge in [-0.3, -0.25) is 4.79 Å². The third-order valence-corrected chi connectivity index (χ3v) is 4.21. The number of Topliss-reactive ketones (excluding diaryl/α,β-unsaturated/α-hetero) is 1. The van der Waals surface area contributed by atoms with E-state index in [4.69, 9.17) is 4.74 Å². The molecule has 1 aromatic carbocycles. The Labute approximate surface area is 151 Å². The van der Waals surface area contributed by atoms with E-state index in [-0.39, 0.29) is 18.0 Å². The Kier molecular flexibility index (Phi) is 10.6. The standard InChI is InChI=1S/C21H32O4/c1-3-4-5-6-7-8-9-10-18(22)16-19(23)13-11-17-12-14-20(24)21(15-17)25-2/h11-15,19,23-24H,3-10,16H2,1-2H3/b13-11+. The molecule has 0 heterocycles. The van der Waals surface area contributed by atoms with Gasteiger partial charge in [0.25, 0.3) is 0 Å². The van der Waals surface area contributed by atoms with Gasteiger partial charge in [0.05, 0.1) is 13.2 Å². The minimum atomic E-state index is -0.781. The second-order valence-electron chi connectivity index (χ2n) is 6.47. The molecule has 0 bridgehead atoms. The number of phenolic OH excluding ortho intramolecular Hbond substituents is 1. The first-order valence-corrected chi connectivity index (χ1v) is 9.31. The molecule has 140 valence electrons. The number of aromatic hydroxyl groups is 1. The summed E-state index contributed by atoms with van der Waals surface area (Å²) in [4.78, 5) is 11.9. The fourth-order valence-electron chi connectivity index (χ4n) is 2.70. The van der Waals surface area contributed by atoms with E-state index in [0.717, 1.165) is 18.4 Å². The van der Waals surface area contributed by atoms with Gasteiger partial charge in [-0.2, -0.15) is 0 Å². The second-order valence-corrected chi connectivity index (χ2v) is 6.47. The normalized spacial score (nSPS) is 12.4. The molecule has 4 nitrogen and oxygen atoms in total. The maximum atomic E-state index is 11.9. The van der Waals surface area contributed by atoms with E-state index in [1.807, 2.05) is 0 Å². The van der Waals surface area contributed by atoms with Crippen molar-refractivity contribution in [1.82, 2.24) is 0 Å². The number of carbonyl (C=O) groups is 1. The minimum Gasteiger partial charge on any atom is -0.504 e. The number of unbranched alkanes of at least 4 members (excludes halogenated alkanes) is 6. The highest BCUT2D eigenvalue weighted by molar-refractivity contribution is 5.79. The van der Waals surface area contributed by atoms with Gasteiger partial charge in [0, 0.05) is 12.8 Å². The van der Waals surface area contributed by atoms with E-state index >= 15 is 0 Å². The lowest BCUT2D eigenvalue weighted by atomic mass is 10.0. The molecule has 1 atom stereocenters. The molecule has 4 heteroatoms. The SMILES string of the molecule is CCCCCCCCCC(=O)CC(O)/C=C/c1ccc(O)c(OC)c1. The second kappa shape index (κ2) is 12.5. The topological polar surface area (TPSA) is 66.8 Å². The van der Waals surface area contributed by atoms with Gasteiger partial charge in [-0.15, -0.1) is 0 Å². The number of hydrogen-bond acceptors (Lipinski definition) is 4. The van der Waals surface area contributed by atoms with Gasteiger partial charge in [0.15, 0.2) is 11.5 Å². The third-order valence-electron chi connectivity index (χ3n) is 4.21. The van der Waals surface area contributed by atoms with Crippen LogP contribution in [0.2, 0.25) is 0 Å². The average Bonchev–Trinajstić information content (AvgIpc) is 2.60. The Morgan fingerprint density at radius 3 is 2.52 bits per heavy atom. The van der Waals surface area contributed by atoms with Crippen molar-refractivity contribution < 1.29 is 19.7 Å². The lowest BCUT2D eigenvalue weighted by molar-refractivity contribution is -0.120. The monoisotopic (exact) mass is 348 g/mol. The lowest BCUT2D eigenvalue weighted by Crippen LogP contribution is -2.10. The van der Waals surface area contributed by atoms with Crippen LogP contribution in [0.3, 0.4) is 0 Å². The van der Waals surface area contributed by atoms with Crippen molar-refractivity contribution in [3.8, 4) is 11.5 Å². The van der Waals surface area contributed by atoms with Crippen LogP contribution >= 0.6 is 0 Å². The third kappa shape index (κ3) is 9.30. The summed E-state index contributed by atoms with van der Waals surface area (Å²) < 4.78 is 5.04. The van der Waals surface area contributed by atoms with Gasteiger partial charge in [0.1, 0.15) is 5.78 Å². The summed E-state index contributed by atoms with van der Waals surface area (Å²) in [6, 6.07) is 4.94. The molecule has 0 aliphatic heterocycles. The number of carbonyl (C=O) groups excluding carboxylic acids is 1. The summed E-state index contributed by atoms with van der Waals surface area (Å²) in [5.74, 6) is 0.561. The van der Waals surface area contributed by atoms with Crippen molar-refractivity contribution in [2.24, 2.45) is 0 Å². The summed E-state index contributed by atoms with van der Waals surface area (Å²) in [5.41, 5.74) is 0.799. The van der Waals surface area contributed by atoms with Crippen LogP contribution in [0.4, 0.5) is 0 Å². The molecule has 0 aliphatic rings. The van der Waals surface area contributed by atoms with Gasteiger partial charge in [0.2, 0.25) is 0 Å². The maximum absolute atomic E-state index is 11.9. The molecule has 0 amide bonds. The van der Waals surface area contributed by atoms with Crippen molar-refractivity contribution in [2.75, 3.05) is 7.11 Å².